The summed E-state index contributed by atoms with van der Waals surface area (Å²) in [5, 5.41) is 13.7. The van der Waals surface area contributed by atoms with Crippen LogP contribution in [0.2, 0.25) is 0 Å². The molecule has 4 N–H and O–H groups in total. The molecule has 0 saturated heterocycles. The second-order valence-corrected chi connectivity index (χ2v) is 1.66. The molecule has 0 saturated carbocycles. The zero-order valence-electron chi connectivity index (χ0n) is 7.76. The molecule has 0 aromatic heterocycles. The molecule has 0 atom stereocenters. The molecule has 4 nitrogen and oxygen atoms in total. The van der Waals surface area contributed by atoms with E-state index < -0.39 is 0 Å². The van der Waals surface area contributed by atoms with Crippen molar-refractivity contribution in [2.75, 3.05) is 0 Å². The molecule has 12 heavy (non-hydrogen) atoms. The van der Waals surface area contributed by atoms with E-state index in [1.807, 2.05) is 13.8 Å². The number of nitrogens with two attached hydrogens (primary N) is 1. The fourth-order valence-corrected chi connectivity index (χ4v) is 0.367. The number of amidine groups is 2. The molecule has 0 aromatic carbocycles. The molecule has 0 unspecified atom stereocenters. The molecular weight excluding hydrogens is 152 g/mol. The van der Waals surface area contributed by atoms with Gasteiger partial charge in [-0.2, -0.15) is 0 Å². The Morgan fingerprint density at radius 1 is 1.42 bits per heavy atom. The van der Waals surface area contributed by atoms with Gasteiger partial charge in [0.2, 0.25) is 0 Å². The summed E-state index contributed by atoms with van der Waals surface area (Å²) < 4.78 is 0. The smallest absolute Gasteiger partial charge is 0.146 e. The van der Waals surface area contributed by atoms with Crippen molar-refractivity contribution in [2.45, 2.75) is 20.8 Å². The third kappa shape index (κ3) is 11.4. The summed E-state index contributed by atoms with van der Waals surface area (Å²) in [6.07, 6.45) is 3.88. The fourth-order valence-electron chi connectivity index (χ4n) is 0.367. The Bertz CT molecular complexity index is 187. The summed E-state index contributed by atoms with van der Waals surface area (Å²) in [4.78, 5) is 3.60. The predicted octanol–water partition coefficient (Wildman–Crippen LogP) is 1.57. The number of nitrogens with one attached hydrogen (secondary N) is 2. The van der Waals surface area contributed by atoms with Gasteiger partial charge in [-0.1, -0.05) is 13.8 Å². The molecule has 4 heteroatoms. The van der Waals surface area contributed by atoms with Crippen LogP contribution in [0.3, 0.4) is 0 Å². The number of rotatable bonds is 2. The van der Waals surface area contributed by atoms with Crippen LogP contribution in [0.4, 0.5) is 0 Å². The van der Waals surface area contributed by atoms with E-state index in [2.05, 4.69) is 4.99 Å². The monoisotopic (exact) mass is 168 g/mol. The van der Waals surface area contributed by atoms with Crippen molar-refractivity contribution in [2.24, 2.45) is 10.7 Å². The molecule has 0 amide bonds. The molecular formula is C8H16N4. The Balaban J connectivity index is 0. The molecule has 0 aromatic rings. The first-order valence-corrected chi connectivity index (χ1v) is 3.73. The van der Waals surface area contributed by atoms with E-state index in [0.29, 0.717) is 5.84 Å². The zero-order valence-corrected chi connectivity index (χ0v) is 7.76. The van der Waals surface area contributed by atoms with E-state index in [-0.39, 0.29) is 5.84 Å². The summed E-state index contributed by atoms with van der Waals surface area (Å²) in [5.41, 5.74) is 5.18. The van der Waals surface area contributed by atoms with Crippen molar-refractivity contribution in [1.82, 2.24) is 0 Å². The third-order valence-corrected chi connectivity index (χ3v) is 0.647. The summed E-state index contributed by atoms with van der Waals surface area (Å²) >= 11 is 0. The van der Waals surface area contributed by atoms with Gasteiger partial charge >= 0.3 is 0 Å². The maximum absolute atomic E-state index is 7.06. The Morgan fingerprint density at radius 2 is 1.92 bits per heavy atom. The van der Waals surface area contributed by atoms with E-state index in [4.69, 9.17) is 16.6 Å². The standard InChI is InChI=1S/C6H10N4.C2H6/c1-5(8)10-6(9)3-2-4-7;1-2/h2-4,7H,1H3,(H3,8,9,10);1-2H3/b3-2-,7-4?;. The van der Waals surface area contributed by atoms with Crippen LogP contribution in [-0.2, 0) is 0 Å². The Morgan fingerprint density at radius 3 is 2.25 bits per heavy atom. The van der Waals surface area contributed by atoms with Crippen LogP contribution in [0.1, 0.15) is 20.8 Å². The SMILES string of the molecule is CC.CC(N)=NC(=N)/C=C\C=N. The maximum Gasteiger partial charge on any atom is 0.146 e. The Hall–Kier alpha value is -1.45. The molecule has 0 aliphatic carbocycles. The van der Waals surface area contributed by atoms with Crippen molar-refractivity contribution in [1.29, 1.82) is 10.8 Å². The molecule has 0 rings (SSSR count). The maximum atomic E-state index is 7.06. The normalized spacial score (nSPS) is 10.4. The summed E-state index contributed by atoms with van der Waals surface area (Å²) in [7, 11) is 0. The zero-order chi connectivity index (χ0) is 9.98. The minimum Gasteiger partial charge on any atom is -0.387 e. The molecule has 0 spiro atoms. The van der Waals surface area contributed by atoms with Gasteiger partial charge in [0.05, 0.1) is 5.84 Å². The predicted molar refractivity (Wildman–Crippen MR) is 54.3 cm³/mol. The lowest BCUT2D eigenvalue weighted by atomic mass is 10.5. The quantitative estimate of drug-likeness (QED) is 0.424. The second kappa shape index (κ2) is 9.55. The molecule has 68 valence electrons. The number of hydrogen-bond donors (Lipinski definition) is 3. The van der Waals surface area contributed by atoms with Gasteiger partial charge in [-0.05, 0) is 19.1 Å². The van der Waals surface area contributed by atoms with Crippen LogP contribution in [-0.4, -0.2) is 17.9 Å². The van der Waals surface area contributed by atoms with Gasteiger partial charge < -0.3 is 11.1 Å². The van der Waals surface area contributed by atoms with Gasteiger partial charge in [0.1, 0.15) is 5.84 Å². The van der Waals surface area contributed by atoms with E-state index in [9.17, 15) is 0 Å². The highest BCUT2D eigenvalue weighted by molar-refractivity contribution is 6.01. The minimum absolute atomic E-state index is 0.0588. The minimum atomic E-state index is 0.0588. The molecule has 0 fully saturated rings. The second-order valence-electron chi connectivity index (χ2n) is 1.66. The molecule has 0 radical (unpaired) electrons. The molecule has 0 bridgehead atoms. The van der Waals surface area contributed by atoms with E-state index in [1.54, 1.807) is 6.92 Å². The summed E-state index contributed by atoms with van der Waals surface area (Å²) in [5.74, 6) is 0.406. The topological polar surface area (TPSA) is 86.1 Å². The lowest BCUT2D eigenvalue weighted by Crippen LogP contribution is -2.07. The van der Waals surface area contributed by atoms with Crippen molar-refractivity contribution in [3.63, 3.8) is 0 Å². The highest BCUT2D eigenvalue weighted by Crippen LogP contribution is 1.78. The number of hydrogen-bond acceptors (Lipinski definition) is 2. The number of aliphatic imine (C=N–C) groups is 1. The largest absolute Gasteiger partial charge is 0.387 e. The Labute approximate surface area is 73.2 Å². The Kier molecular flexibility index (Phi) is 10.5. The molecule has 0 heterocycles. The van der Waals surface area contributed by atoms with Gasteiger partial charge in [-0.3, -0.25) is 5.41 Å². The lowest BCUT2D eigenvalue weighted by Gasteiger charge is -1.87. The van der Waals surface area contributed by atoms with Gasteiger partial charge in [-0.15, -0.1) is 0 Å². The van der Waals surface area contributed by atoms with Gasteiger partial charge in [0.15, 0.2) is 0 Å². The van der Waals surface area contributed by atoms with E-state index in [0.717, 1.165) is 6.21 Å². The summed E-state index contributed by atoms with van der Waals surface area (Å²) in [6.45, 7) is 5.60. The van der Waals surface area contributed by atoms with Gasteiger partial charge in [0.25, 0.3) is 0 Å². The van der Waals surface area contributed by atoms with Crippen LogP contribution in [0, 0.1) is 10.8 Å². The number of nitrogens with zero attached hydrogens (tertiary/aromatic N) is 1. The van der Waals surface area contributed by atoms with E-state index >= 15 is 0 Å². The van der Waals surface area contributed by atoms with Crippen molar-refractivity contribution < 1.29 is 0 Å². The average molecular weight is 168 g/mol. The van der Waals surface area contributed by atoms with Crippen LogP contribution in [0.5, 0.6) is 0 Å². The van der Waals surface area contributed by atoms with Crippen molar-refractivity contribution in [3.8, 4) is 0 Å². The lowest BCUT2D eigenvalue weighted by molar-refractivity contribution is 1.43. The average Bonchev–Trinajstić information content (AvgIpc) is 2.03. The van der Waals surface area contributed by atoms with Crippen molar-refractivity contribution in [3.05, 3.63) is 12.2 Å². The molecule has 0 aliphatic rings. The van der Waals surface area contributed by atoms with Crippen molar-refractivity contribution >= 4 is 17.9 Å². The summed E-state index contributed by atoms with van der Waals surface area (Å²) in [6, 6.07) is 0. The third-order valence-electron chi connectivity index (χ3n) is 0.647. The first-order chi connectivity index (χ1) is 5.66. The van der Waals surface area contributed by atoms with Gasteiger partial charge in [-0.25, -0.2) is 4.99 Å². The first-order valence-electron chi connectivity index (χ1n) is 3.73. The first kappa shape index (κ1) is 13.2. The number of allylic oxidation sites excluding steroid dienone is 1. The highest BCUT2D eigenvalue weighted by atomic mass is 14.9. The highest BCUT2D eigenvalue weighted by Gasteiger charge is 1.83. The van der Waals surface area contributed by atoms with E-state index in [1.165, 1.54) is 12.2 Å². The van der Waals surface area contributed by atoms with Crippen LogP contribution in [0.15, 0.2) is 17.1 Å². The van der Waals surface area contributed by atoms with Gasteiger partial charge in [0, 0.05) is 6.21 Å². The van der Waals surface area contributed by atoms with Crippen LogP contribution >= 0.6 is 0 Å². The van der Waals surface area contributed by atoms with Crippen LogP contribution < -0.4 is 5.73 Å². The fraction of sp³-hybridized carbons (Fsp3) is 0.375. The molecule has 0 aliphatic heterocycles. The van der Waals surface area contributed by atoms with Crippen LogP contribution in [0.25, 0.3) is 0 Å².